The molecule has 18 heavy (non-hydrogen) atoms. The molecule has 104 valence electrons. The third kappa shape index (κ3) is 4.33. The summed E-state index contributed by atoms with van der Waals surface area (Å²) in [5.41, 5.74) is 8.69. The first-order chi connectivity index (χ1) is 8.56. The predicted octanol–water partition coefficient (Wildman–Crippen LogP) is 2.30. The highest BCUT2D eigenvalue weighted by molar-refractivity contribution is 5.98. The molecule has 0 saturated carbocycles. The molecule has 0 aliphatic carbocycles. The SMILES string of the molecule is CNN/C(=C(/C)C(C)=NC(C)C)N1CCCCC1. The minimum absolute atomic E-state index is 0.345. The van der Waals surface area contributed by atoms with Crippen LogP contribution in [0.5, 0.6) is 0 Å². The maximum Gasteiger partial charge on any atom is 0.121 e. The smallest absolute Gasteiger partial charge is 0.121 e. The number of rotatable bonds is 5. The summed E-state index contributed by atoms with van der Waals surface area (Å²) in [6.07, 6.45) is 3.91. The lowest BCUT2D eigenvalue weighted by Crippen LogP contribution is -2.41. The highest BCUT2D eigenvalue weighted by Gasteiger charge is 2.16. The molecule has 1 rings (SSSR count). The van der Waals surface area contributed by atoms with Crippen LogP contribution < -0.4 is 10.9 Å². The molecule has 0 amide bonds. The summed E-state index contributed by atoms with van der Waals surface area (Å²) in [4.78, 5) is 7.06. The van der Waals surface area contributed by atoms with Gasteiger partial charge in [-0.3, -0.25) is 4.99 Å². The first-order valence-electron chi connectivity index (χ1n) is 6.99. The maximum absolute atomic E-state index is 4.64. The van der Waals surface area contributed by atoms with Crippen molar-refractivity contribution in [3.05, 3.63) is 11.4 Å². The van der Waals surface area contributed by atoms with E-state index in [4.69, 9.17) is 0 Å². The fraction of sp³-hybridized carbons (Fsp3) is 0.786. The molecule has 0 aromatic rings. The molecule has 0 atom stereocenters. The average molecular weight is 252 g/mol. The molecule has 0 radical (unpaired) electrons. The third-order valence-electron chi connectivity index (χ3n) is 3.27. The number of hydrazine groups is 1. The van der Waals surface area contributed by atoms with Gasteiger partial charge in [0, 0.05) is 37.5 Å². The van der Waals surface area contributed by atoms with E-state index in [2.05, 4.69) is 48.4 Å². The number of hydrogen-bond acceptors (Lipinski definition) is 4. The van der Waals surface area contributed by atoms with Crippen LogP contribution in [0.4, 0.5) is 0 Å². The Morgan fingerprint density at radius 3 is 2.22 bits per heavy atom. The van der Waals surface area contributed by atoms with E-state index in [-0.39, 0.29) is 0 Å². The van der Waals surface area contributed by atoms with Crippen LogP contribution >= 0.6 is 0 Å². The van der Waals surface area contributed by atoms with Crippen LogP contribution in [0.3, 0.4) is 0 Å². The minimum Gasteiger partial charge on any atom is -0.357 e. The van der Waals surface area contributed by atoms with E-state index in [1.165, 1.54) is 30.7 Å². The lowest BCUT2D eigenvalue weighted by Gasteiger charge is -2.32. The van der Waals surface area contributed by atoms with Gasteiger partial charge in [0.1, 0.15) is 5.82 Å². The number of nitrogens with zero attached hydrogens (tertiary/aromatic N) is 2. The molecule has 4 nitrogen and oxygen atoms in total. The topological polar surface area (TPSA) is 39.7 Å². The fourth-order valence-electron chi connectivity index (χ4n) is 2.30. The molecule has 1 aliphatic heterocycles. The molecule has 1 saturated heterocycles. The van der Waals surface area contributed by atoms with Crippen molar-refractivity contribution >= 4 is 5.71 Å². The minimum atomic E-state index is 0.345. The number of piperidine rings is 1. The summed E-state index contributed by atoms with van der Waals surface area (Å²) < 4.78 is 0. The Bertz CT molecular complexity index is 312. The molecule has 1 aliphatic rings. The van der Waals surface area contributed by atoms with Crippen molar-refractivity contribution in [2.24, 2.45) is 4.99 Å². The summed E-state index contributed by atoms with van der Waals surface area (Å²) in [5, 5.41) is 0. The zero-order chi connectivity index (χ0) is 13.5. The van der Waals surface area contributed by atoms with Gasteiger partial charge in [0.2, 0.25) is 0 Å². The first kappa shape index (κ1) is 15.0. The number of nitrogens with one attached hydrogen (secondary N) is 2. The maximum atomic E-state index is 4.64. The summed E-state index contributed by atoms with van der Waals surface area (Å²) in [6, 6.07) is 0.345. The van der Waals surface area contributed by atoms with Crippen LogP contribution in [-0.2, 0) is 0 Å². The normalized spacial score (nSPS) is 19.0. The quantitative estimate of drug-likeness (QED) is 0.582. The van der Waals surface area contributed by atoms with Crippen LogP contribution in [0.1, 0.15) is 47.0 Å². The lowest BCUT2D eigenvalue weighted by atomic mass is 10.1. The Kier molecular flexibility index (Phi) is 6.19. The van der Waals surface area contributed by atoms with Crippen molar-refractivity contribution in [2.45, 2.75) is 53.0 Å². The number of likely N-dealkylation sites (tertiary alicyclic amines) is 1. The third-order valence-corrected chi connectivity index (χ3v) is 3.27. The summed E-state index contributed by atoms with van der Waals surface area (Å²) >= 11 is 0. The Labute approximate surface area is 112 Å². The van der Waals surface area contributed by atoms with E-state index in [9.17, 15) is 0 Å². The second kappa shape index (κ2) is 7.41. The molecule has 0 aromatic heterocycles. The first-order valence-corrected chi connectivity index (χ1v) is 6.99. The van der Waals surface area contributed by atoms with Gasteiger partial charge in [-0.2, -0.15) is 0 Å². The van der Waals surface area contributed by atoms with Gasteiger partial charge in [0.25, 0.3) is 0 Å². The van der Waals surface area contributed by atoms with Gasteiger partial charge in [0.15, 0.2) is 0 Å². The van der Waals surface area contributed by atoms with Crippen LogP contribution in [-0.4, -0.2) is 36.8 Å². The van der Waals surface area contributed by atoms with Crippen molar-refractivity contribution in [2.75, 3.05) is 20.1 Å². The van der Waals surface area contributed by atoms with Crippen molar-refractivity contribution in [3.63, 3.8) is 0 Å². The Morgan fingerprint density at radius 1 is 1.11 bits per heavy atom. The molecule has 0 spiro atoms. The largest absolute Gasteiger partial charge is 0.357 e. The molecule has 1 fully saturated rings. The Morgan fingerprint density at radius 2 is 1.72 bits per heavy atom. The summed E-state index contributed by atoms with van der Waals surface area (Å²) in [7, 11) is 1.91. The lowest BCUT2D eigenvalue weighted by molar-refractivity contribution is 0.259. The molecule has 0 aromatic carbocycles. The van der Waals surface area contributed by atoms with E-state index in [1.54, 1.807) is 0 Å². The van der Waals surface area contributed by atoms with Gasteiger partial charge >= 0.3 is 0 Å². The van der Waals surface area contributed by atoms with Crippen LogP contribution in [0.25, 0.3) is 0 Å². The zero-order valence-corrected chi connectivity index (χ0v) is 12.5. The Balaban J connectivity index is 2.92. The van der Waals surface area contributed by atoms with Crippen molar-refractivity contribution in [3.8, 4) is 0 Å². The zero-order valence-electron chi connectivity index (χ0n) is 12.5. The molecule has 1 heterocycles. The monoisotopic (exact) mass is 252 g/mol. The molecule has 2 N–H and O–H groups in total. The van der Waals surface area contributed by atoms with E-state index < -0.39 is 0 Å². The summed E-state index contributed by atoms with van der Waals surface area (Å²) in [5.74, 6) is 1.18. The predicted molar refractivity (Wildman–Crippen MR) is 78.6 cm³/mol. The Hall–Kier alpha value is -1.03. The van der Waals surface area contributed by atoms with Gasteiger partial charge in [-0.05, 0) is 47.0 Å². The standard InChI is InChI=1S/C14H28N4/c1-11(2)16-13(4)12(3)14(17-15-5)18-9-7-6-8-10-18/h11,15,17H,6-10H2,1-5H3/b14-12+,16-13?. The van der Waals surface area contributed by atoms with Crippen molar-refractivity contribution in [1.29, 1.82) is 0 Å². The molecule has 4 heteroatoms. The van der Waals surface area contributed by atoms with Crippen LogP contribution in [0.2, 0.25) is 0 Å². The number of allylic oxidation sites excluding steroid dienone is 1. The van der Waals surface area contributed by atoms with Crippen LogP contribution in [0, 0.1) is 0 Å². The van der Waals surface area contributed by atoms with E-state index in [1.807, 2.05) is 7.05 Å². The number of aliphatic imine (C=N–C) groups is 1. The molecular weight excluding hydrogens is 224 g/mol. The fourth-order valence-corrected chi connectivity index (χ4v) is 2.30. The second-order valence-corrected chi connectivity index (χ2v) is 5.20. The van der Waals surface area contributed by atoms with Gasteiger partial charge in [-0.25, -0.2) is 5.43 Å². The van der Waals surface area contributed by atoms with Crippen molar-refractivity contribution in [1.82, 2.24) is 15.8 Å². The van der Waals surface area contributed by atoms with E-state index >= 15 is 0 Å². The van der Waals surface area contributed by atoms with Gasteiger partial charge in [0.05, 0.1) is 0 Å². The molecule has 0 bridgehead atoms. The average Bonchev–Trinajstić information content (AvgIpc) is 2.35. The number of hydrogen-bond donors (Lipinski definition) is 2. The molecular formula is C14H28N4. The van der Waals surface area contributed by atoms with E-state index in [0.717, 1.165) is 18.8 Å². The van der Waals surface area contributed by atoms with Gasteiger partial charge in [-0.15, -0.1) is 0 Å². The highest BCUT2D eigenvalue weighted by Crippen LogP contribution is 2.16. The van der Waals surface area contributed by atoms with E-state index in [0.29, 0.717) is 6.04 Å². The summed E-state index contributed by atoms with van der Waals surface area (Å²) in [6.45, 7) is 10.7. The highest BCUT2D eigenvalue weighted by atomic mass is 15.4. The second-order valence-electron chi connectivity index (χ2n) is 5.20. The van der Waals surface area contributed by atoms with Gasteiger partial charge < -0.3 is 10.3 Å². The van der Waals surface area contributed by atoms with Crippen molar-refractivity contribution < 1.29 is 0 Å². The molecule has 0 unspecified atom stereocenters. The van der Waals surface area contributed by atoms with Gasteiger partial charge in [-0.1, -0.05) is 0 Å². The van der Waals surface area contributed by atoms with Crippen LogP contribution in [0.15, 0.2) is 16.4 Å².